The van der Waals surface area contributed by atoms with E-state index in [1.165, 1.54) is 0 Å². The number of likely N-dealkylation sites (tertiary alicyclic amines) is 1. The predicted molar refractivity (Wildman–Crippen MR) is 80.3 cm³/mol. The summed E-state index contributed by atoms with van der Waals surface area (Å²) in [6, 6.07) is -0.711. The Labute approximate surface area is 130 Å². The average Bonchev–Trinajstić information content (AvgIpc) is 3.06. The molecule has 1 aliphatic heterocycles. The molecule has 7 heteroatoms. The van der Waals surface area contributed by atoms with Gasteiger partial charge in [-0.1, -0.05) is 0 Å². The van der Waals surface area contributed by atoms with Crippen LogP contribution in [-0.4, -0.2) is 52.6 Å². The summed E-state index contributed by atoms with van der Waals surface area (Å²) in [5.41, 5.74) is 0. The molecule has 0 bridgehead atoms. The van der Waals surface area contributed by atoms with Gasteiger partial charge in [0.15, 0.2) is 0 Å². The van der Waals surface area contributed by atoms with Crippen LogP contribution < -0.4 is 10.6 Å². The molecule has 0 radical (unpaired) electrons. The van der Waals surface area contributed by atoms with Crippen LogP contribution in [0.25, 0.3) is 0 Å². The fourth-order valence-electron chi connectivity index (χ4n) is 3.25. The molecule has 1 aliphatic carbocycles. The van der Waals surface area contributed by atoms with E-state index in [2.05, 4.69) is 10.6 Å². The summed E-state index contributed by atoms with van der Waals surface area (Å²) < 4.78 is 0. The van der Waals surface area contributed by atoms with E-state index in [9.17, 15) is 14.4 Å². The zero-order chi connectivity index (χ0) is 16.3. The first-order valence-corrected chi connectivity index (χ1v) is 7.98. The van der Waals surface area contributed by atoms with E-state index in [0.717, 1.165) is 6.42 Å². The Morgan fingerprint density at radius 3 is 2.50 bits per heavy atom. The highest BCUT2D eigenvalue weighted by atomic mass is 16.4. The van der Waals surface area contributed by atoms with Gasteiger partial charge in [0.25, 0.3) is 0 Å². The highest BCUT2D eigenvalue weighted by Gasteiger charge is 2.37. The molecule has 1 saturated carbocycles. The summed E-state index contributed by atoms with van der Waals surface area (Å²) >= 11 is 0. The molecule has 0 unspecified atom stereocenters. The van der Waals surface area contributed by atoms with Crippen LogP contribution in [0.1, 0.15) is 46.0 Å². The van der Waals surface area contributed by atoms with Gasteiger partial charge in [0.05, 0.1) is 5.92 Å². The quantitative estimate of drug-likeness (QED) is 0.719. The lowest BCUT2D eigenvalue weighted by Gasteiger charge is -2.26. The predicted octanol–water partition coefficient (Wildman–Crippen LogP) is 0.938. The van der Waals surface area contributed by atoms with E-state index < -0.39 is 12.0 Å². The summed E-state index contributed by atoms with van der Waals surface area (Å²) in [4.78, 5) is 37.0. The van der Waals surface area contributed by atoms with Crippen molar-refractivity contribution in [3.8, 4) is 0 Å². The molecule has 3 atom stereocenters. The van der Waals surface area contributed by atoms with E-state index in [-0.39, 0.29) is 29.9 Å². The van der Waals surface area contributed by atoms with Gasteiger partial charge in [-0.3, -0.25) is 9.59 Å². The van der Waals surface area contributed by atoms with Crippen LogP contribution in [0.5, 0.6) is 0 Å². The number of hydrogen-bond acceptors (Lipinski definition) is 3. The molecule has 3 N–H and O–H groups in total. The van der Waals surface area contributed by atoms with Crippen molar-refractivity contribution in [2.45, 2.75) is 64.1 Å². The Hall–Kier alpha value is -1.79. The molecule has 0 aromatic carbocycles. The average molecular weight is 311 g/mol. The number of carboxylic acid groups (broad SMARTS) is 1. The molecule has 7 nitrogen and oxygen atoms in total. The number of carbonyl (C=O) groups excluding carboxylic acids is 2. The fourth-order valence-corrected chi connectivity index (χ4v) is 3.25. The van der Waals surface area contributed by atoms with Crippen LogP contribution >= 0.6 is 0 Å². The third kappa shape index (κ3) is 3.90. The molecule has 3 amide bonds. The monoisotopic (exact) mass is 311 g/mol. The van der Waals surface area contributed by atoms with Crippen LogP contribution in [0, 0.1) is 5.92 Å². The molecule has 1 heterocycles. The second-order valence-electron chi connectivity index (χ2n) is 6.51. The van der Waals surface area contributed by atoms with Crippen molar-refractivity contribution in [1.82, 2.24) is 15.5 Å². The summed E-state index contributed by atoms with van der Waals surface area (Å²) in [6.07, 6.45) is 3.24. The van der Waals surface area contributed by atoms with Crippen LogP contribution in [0.3, 0.4) is 0 Å². The van der Waals surface area contributed by atoms with Crippen molar-refractivity contribution in [2.24, 2.45) is 5.92 Å². The molecular formula is C15H25N3O4. The molecule has 22 heavy (non-hydrogen) atoms. The largest absolute Gasteiger partial charge is 0.481 e. The molecule has 2 aliphatic rings. The number of urea groups is 1. The molecule has 2 fully saturated rings. The fraction of sp³-hybridized carbons (Fsp3) is 0.800. The van der Waals surface area contributed by atoms with Gasteiger partial charge in [0.2, 0.25) is 5.91 Å². The lowest BCUT2D eigenvalue weighted by molar-refractivity contribution is -0.141. The topological polar surface area (TPSA) is 98.7 Å². The minimum absolute atomic E-state index is 0.0305. The molecule has 0 aromatic rings. The maximum atomic E-state index is 12.4. The van der Waals surface area contributed by atoms with Gasteiger partial charge >= 0.3 is 12.0 Å². The Balaban J connectivity index is 1.89. The van der Waals surface area contributed by atoms with Crippen molar-refractivity contribution in [3.05, 3.63) is 0 Å². The number of rotatable bonds is 4. The highest BCUT2D eigenvalue weighted by Crippen LogP contribution is 2.26. The third-order valence-electron chi connectivity index (χ3n) is 4.36. The van der Waals surface area contributed by atoms with E-state index in [4.69, 9.17) is 5.11 Å². The Morgan fingerprint density at radius 1 is 1.18 bits per heavy atom. The zero-order valence-electron chi connectivity index (χ0n) is 13.2. The summed E-state index contributed by atoms with van der Waals surface area (Å²) in [5.74, 6) is -1.32. The van der Waals surface area contributed by atoms with Crippen molar-refractivity contribution < 1.29 is 19.5 Å². The van der Waals surface area contributed by atoms with E-state index >= 15 is 0 Å². The van der Waals surface area contributed by atoms with Crippen molar-refractivity contribution in [2.75, 3.05) is 6.54 Å². The van der Waals surface area contributed by atoms with Gasteiger partial charge in [-0.15, -0.1) is 0 Å². The normalized spacial score (nSPS) is 28.0. The van der Waals surface area contributed by atoms with E-state index in [1.54, 1.807) is 4.90 Å². The highest BCUT2D eigenvalue weighted by molar-refractivity contribution is 5.88. The maximum Gasteiger partial charge on any atom is 0.318 e. The van der Waals surface area contributed by atoms with Gasteiger partial charge in [-0.05, 0) is 46.0 Å². The molecule has 0 aromatic heterocycles. The molecular weight excluding hydrogens is 286 g/mol. The number of aliphatic carboxylic acids is 1. The van der Waals surface area contributed by atoms with Gasteiger partial charge < -0.3 is 20.6 Å². The van der Waals surface area contributed by atoms with Gasteiger partial charge in [-0.25, -0.2) is 4.79 Å². The van der Waals surface area contributed by atoms with Crippen LogP contribution in [0.2, 0.25) is 0 Å². The summed E-state index contributed by atoms with van der Waals surface area (Å²) in [5, 5.41) is 14.7. The number of amides is 3. The number of nitrogens with zero attached hydrogens (tertiary/aromatic N) is 1. The zero-order valence-corrected chi connectivity index (χ0v) is 13.2. The van der Waals surface area contributed by atoms with Crippen LogP contribution in [0.4, 0.5) is 4.79 Å². The Morgan fingerprint density at radius 2 is 1.91 bits per heavy atom. The lowest BCUT2D eigenvalue weighted by Crippen LogP contribution is -2.52. The van der Waals surface area contributed by atoms with Crippen molar-refractivity contribution >= 4 is 17.9 Å². The number of hydrogen-bond donors (Lipinski definition) is 3. The number of carboxylic acids is 1. The lowest BCUT2D eigenvalue weighted by atomic mass is 10.1. The van der Waals surface area contributed by atoms with Gasteiger partial charge in [-0.2, -0.15) is 0 Å². The molecule has 124 valence electrons. The first-order valence-electron chi connectivity index (χ1n) is 7.98. The van der Waals surface area contributed by atoms with Crippen molar-refractivity contribution in [3.63, 3.8) is 0 Å². The minimum atomic E-state index is -0.796. The Bertz CT molecular complexity index is 452. The number of carbonyl (C=O) groups is 3. The summed E-state index contributed by atoms with van der Waals surface area (Å²) in [6.45, 7) is 4.35. The second kappa shape index (κ2) is 6.98. The summed E-state index contributed by atoms with van der Waals surface area (Å²) in [7, 11) is 0. The molecule has 2 rings (SSSR count). The smallest absolute Gasteiger partial charge is 0.318 e. The maximum absolute atomic E-state index is 12.4. The first-order chi connectivity index (χ1) is 10.4. The number of nitrogens with one attached hydrogen (secondary N) is 2. The van der Waals surface area contributed by atoms with Crippen LogP contribution in [-0.2, 0) is 9.59 Å². The van der Waals surface area contributed by atoms with Gasteiger partial charge in [0, 0.05) is 18.6 Å². The first kappa shape index (κ1) is 16.6. The van der Waals surface area contributed by atoms with Crippen molar-refractivity contribution in [1.29, 1.82) is 0 Å². The van der Waals surface area contributed by atoms with E-state index in [1.807, 2.05) is 13.8 Å². The van der Waals surface area contributed by atoms with Crippen LogP contribution in [0.15, 0.2) is 0 Å². The third-order valence-corrected chi connectivity index (χ3v) is 4.36. The molecule has 1 saturated heterocycles. The standard InChI is InChI=1S/C15H25N3O4/c1-9(2)16-15(22)18-7-3-4-12(18)13(19)17-11-6-5-10(8-11)14(20)21/h9-12H,3-8H2,1-2H3,(H,16,22)(H,17,19)(H,20,21)/t10-,11+,12-/m0/s1. The van der Waals surface area contributed by atoms with E-state index in [0.29, 0.717) is 32.2 Å². The molecule has 0 spiro atoms. The minimum Gasteiger partial charge on any atom is -0.481 e. The Kier molecular flexibility index (Phi) is 5.26. The second-order valence-corrected chi connectivity index (χ2v) is 6.51. The van der Waals surface area contributed by atoms with Gasteiger partial charge in [0.1, 0.15) is 6.04 Å². The SMILES string of the molecule is CC(C)NC(=O)N1CCC[C@H]1C(=O)N[C@@H]1CC[C@H](C(=O)O)C1.